The van der Waals surface area contributed by atoms with Gasteiger partial charge in [0.25, 0.3) is 0 Å². The average molecular weight is 1630 g/mol. The van der Waals surface area contributed by atoms with Crippen molar-refractivity contribution in [3.05, 3.63) is 0 Å². The molecular weight excluding hydrogens is 1390 g/mol. The highest BCUT2D eigenvalue weighted by atomic mass is 14.4. The van der Waals surface area contributed by atoms with E-state index in [0.717, 1.165) is 88.8 Å². The minimum Gasteiger partial charge on any atom is -0.0630 e. The average Bonchev–Trinajstić information content (AvgIpc) is 1.26. The van der Waals surface area contributed by atoms with E-state index in [1.54, 1.807) is 231 Å². The maximum absolute atomic E-state index is 2.17. The minimum absolute atomic E-state index is 0.833. The summed E-state index contributed by atoms with van der Waals surface area (Å²) in [7, 11) is 0. The Morgan fingerprint density at radius 3 is 0.164 bits per heavy atom. The van der Waals surface area contributed by atoms with Crippen molar-refractivity contribution in [1.82, 2.24) is 0 Å². The van der Waals surface area contributed by atoms with Crippen molar-refractivity contribution >= 4 is 0 Å². The van der Waals surface area contributed by atoms with Gasteiger partial charge in [0.15, 0.2) is 0 Å². The fourth-order valence-electron chi connectivity index (χ4n) is 22.8. The quantitative estimate of drug-likeness (QED) is 0.227. The Labute approximate surface area is 740 Å². The zero-order valence-electron chi connectivity index (χ0n) is 86.4. The second-order valence-corrected chi connectivity index (χ2v) is 48.9. The SMILES string of the molecule is C1CCC2CCC2C1.C1CCC2CCC2C1.C1CCC2CCC2C1.C1CCC2CCC2C1.C1CCC2CCCC2C1.C1CCC2CCCC2C1.C1CCC2CCCCC2C1.C1CCC2CCCCC2C1.C1CCC2CCCCC2C1.CC(C)C.CC(C)C.CC(C)C.CC(C)C.CC(C)C.CC(C)C.CC(C)C.CC(C)C.CC(C)C. The summed E-state index contributed by atoms with van der Waals surface area (Å²) in [5.41, 5.74) is 0. The van der Waals surface area contributed by atoms with Gasteiger partial charge in [0.05, 0.1) is 0 Å². The zero-order valence-corrected chi connectivity index (χ0v) is 86.4. The van der Waals surface area contributed by atoms with Crippen LogP contribution in [-0.4, -0.2) is 0 Å². The van der Waals surface area contributed by atoms with Crippen LogP contribution >= 0.6 is 0 Å². The number of fused-ring (bicyclic) bond motifs is 9. The first-order chi connectivity index (χ1) is 55.3. The van der Waals surface area contributed by atoms with Crippen molar-refractivity contribution in [3.63, 3.8) is 0 Å². The lowest BCUT2D eigenvalue weighted by Gasteiger charge is -2.40. The van der Waals surface area contributed by atoms with Gasteiger partial charge in [0.1, 0.15) is 0 Å². The maximum atomic E-state index is 2.17. The van der Waals surface area contributed by atoms with E-state index in [0.29, 0.717) is 0 Å². The number of rotatable bonds is 0. The van der Waals surface area contributed by atoms with E-state index in [2.05, 4.69) is 187 Å². The van der Waals surface area contributed by atoms with Gasteiger partial charge in [-0.3, -0.25) is 0 Å². The topological polar surface area (TPSA) is 0 Å². The van der Waals surface area contributed by atoms with Crippen molar-refractivity contribution in [1.29, 1.82) is 0 Å². The Kier molecular flexibility index (Phi) is 71.8. The van der Waals surface area contributed by atoms with Gasteiger partial charge >= 0.3 is 0 Å². The van der Waals surface area contributed by atoms with Crippen molar-refractivity contribution in [2.75, 3.05) is 0 Å². The van der Waals surface area contributed by atoms with Crippen LogP contribution in [0.3, 0.4) is 0 Å². The minimum atomic E-state index is 0.833. The Morgan fingerprint density at radius 2 is 0.121 bits per heavy atom. The van der Waals surface area contributed by atoms with E-state index < -0.39 is 0 Å². The predicted octanol–water partition coefficient (Wildman–Crippen LogP) is 41.4. The van der Waals surface area contributed by atoms with Crippen molar-refractivity contribution in [3.8, 4) is 0 Å². The first-order valence-electron chi connectivity index (χ1n) is 55.3. The molecule has 0 nitrogen and oxygen atoms in total. The van der Waals surface area contributed by atoms with E-state index in [9.17, 15) is 0 Å². The zero-order chi connectivity index (χ0) is 86.4. The standard InChI is InChI=1S/3C10H18.2C9H16.4C8H14.9C4H10/c3*1-2-6-10-8-4-3-7-9(10)5-1;2*1-2-5-9-7-3-6-8(9)4-1;4*1-2-4-8-6-5-7(8)3-1;9*1-4(2)3/h3*9-10H,1-8H2;2*8-9H,1-7H2;4*7-8H,1-6H2;9*4H,1-3H3. The summed E-state index contributed by atoms with van der Waals surface area (Å²) in [4.78, 5) is 0. The summed E-state index contributed by atoms with van der Waals surface area (Å²) >= 11 is 0. The Balaban J connectivity index is 0.000000622. The molecule has 0 aromatic heterocycles. The summed E-state index contributed by atoms with van der Waals surface area (Å²) in [6.07, 6.45) is 95.9. The number of hydrogen-bond acceptors (Lipinski definition) is 0. The Hall–Kier alpha value is 0. The van der Waals surface area contributed by atoms with Gasteiger partial charge in [-0.05, 0) is 211 Å². The lowest BCUT2D eigenvalue weighted by molar-refractivity contribution is 0.115. The maximum Gasteiger partial charge on any atom is -0.0386 e. The van der Waals surface area contributed by atoms with Crippen molar-refractivity contribution in [2.24, 2.45) is 160 Å². The monoisotopic (exact) mass is 1630 g/mol. The molecule has 0 aliphatic heterocycles. The Bertz CT molecular complexity index is 1580. The van der Waals surface area contributed by atoms with Gasteiger partial charge in [-0.15, -0.1) is 0 Å². The van der Waals surface area contributed by atoms with Crippen LogP contribution in [-0.2, 0) is 0 Å². The Morgan fingerprint density at radius 1 is 0.0776 bits per heavy atom. The first-order valence-corrected chi connectivity index (χ1v) is 55.3. The summed E-state index contributed by atoms with van der Waals surface area (Å²) < 4.78 is 0. The highest BCUT2D eigenvalue weighted by molar-refractivity contribution is 4.88. The molecule has 0 N–H and O–H groups in total. The molecule has 116 heavy (non-hydrogen) atoms. The van der Waals surface area contributed by atoms with Crippen LogP contribution in [0, 0.1) is 160 Å². The van der Waals surface area contributed by atoms with E-state index in [4.69, 9.17) is 0 Å². The first kappa shape index (κ1) is 114. The second kappa shape index (κ2) is 73.1. The molecule has 0 spiro atoms. The van der Waals surface area contributed by atoms with E-state index in [1.165, 1.54) is 238 Å². The normalized spacial score (nSPS) is 32.4. The molecule has 18 fully saturated rings. The molecule has 0 heterocycles. The lowest BCUT2D eigenvalue weighted by Crippen LogP contribution is -2.28. The summed E-state index contributed by atoms with van der Waals surface area (Å²) in [6, 6.07) is 0. The van der Waals surface area contributed by atoms with Gasteiger partial charge in [-0.2, -0.15) is 0 Å². The second-order valence-electron chi connectivity index (χ2n) is 48.9. The van der Waals surface area contributed by atoms with E-state index in [-0.39, 0.29) is 0 Å². The van der Waals surface area contributed by atoms with Gasteiger partial charge < -0.3 is 0 Å². The van der Waals surface area contributed by atoms with Crippen LogP contribution in [0.4, 0.5) is 0 Å². The molecule has 18 saturated carbocycles. The molecule has 18 rings (SSSR count). The predicted molar refractivity (Wildman–Crippen MR) is 534 cm³/mol. The molecule has 12 atom stereocenters. The molecule has 0 radical (unpaired) electrons. The fourth-order valence-corrected chi connectivity index (χ4v) is 22.8. The van der Waals surface area contributed by atoms with Crippen LogP contribution < -0.4 is 0 Å². The largest absolute Gasteiger partial charge is 0.0630 e. The molecule has 0 aromatic rings. The molecule has 0 aromatic carbocycles. The fraction of sp³-hybridized carbons (Fsp3) is 1.00. The highest BCUT2D eigenvalue weighted by Gasteiger charge is 2.37. The molecule has 18 aliphatic rings. The molecule has 696 valence electrons. The van der Waals surface area contributed by atoms with Crippen LogP contribution in [0.25, 0.3) is 0 Å². The van der Waals surface area contributed by atoms with Gasteiger partial charge in [0, 0.05) is 0 Å². The van der Waals surface area contributed by atoms with Gasteiger partial charge in [-0.1, -0.05) is 534 Å². The molecule has 18 aliphatic carbocycles. The van der Waals surface area contributed by atoms with E-state index in [1.807, 2.05) is 0 Å². The van der Waals surface area contributed by atoms with Crippen LogP contribution in [0.5, 0.6) is 0 Å². The smallest absolute Gasteiger partial charge is 0.0386 e. The van der Waals surface area contributed by atoms with Crippen LogP contribution in [0.1, 0.15) is 585 Å². The third-order valence-corrected chi connectivity index (χ3v) is 28.7. The van der Waals surface area contributed by atoms with Crippen LogP contribution in [0.2, 0.25) is 0 Å². The summed E-state index contributed by atoms with van der Waals surface area (Å²) in [6.45, 7) is 58.5. The molecule has 0 saturated heterocycles. The molecule has 0 amide bonds. The van der Waals surface area contributed by atoms with Crippen molar-refractivity contribution in [2.45, 2.75) is 585 Å². The van der Waals surface area contributed by atoms with Gasteiger partial charge in [-0.25, -0.2) is 0 Å². The molecule has 0 bridgehead atoms. The number of hydrogen-bond donors (Lipinski definition) is 0. The summed E-state index contributed by atoms with van der Waals surface area (Å²) in [5.74, 6) is 28.6. The molecular formula is C116H232. The van der Waals surface area contributed by atoms with Gasteiger partial charge in [0.2, 0.25) is 0 Å². The van der Waals surface area contributed by atoms with Crippen LogP contribution in [0.15, 0.2) is 0 Å². The molecule has 12 unspecified atom stereocenters. The summed E-state index contributed by atoms with van der Waals surface area (Å²) in [5, 5.41) is 0. The molecule has 0 heteroatoms. The van der Waals surface area contributed by atoms with E-state index >= 15 is 0 Å². The lowest BCUT2D eigenvalue weighted by atomic mass is 9.66. The third-order valence-electron chi connectivity index (χ3n) is 28.7. The highest BCUT2D eigenvalue weighted by Crippen LogP contribution is 2.49. The third kappa shape index (κ3) is 63.0. The van der Waals surface area contributed by atoms with Crippen molar-refractivity contribution < 1.29 is 0 Å².